The maximum atomic E-state index is 9.54. The second kappa shape index (κ2) is 5.25. The molecule has 0 aromatic heterocycles. The summed E-state index contributed by atoms with van der Waals surface area (Å²) in [5, 5.41) is 9.54. The number of piperazine rings is 1. The molecule has 17 heavy (non-hydrogen) atoms. The van der Waals surface area contributed by atoms with Crippen molar-refractivity contribution in [1.29, 1.82) is 0 Å². The van der Waals surface area contributed by atoms with Crippen molar-refractivity contribution >= 4 is 0 Å². The van der Waals surface area contributed by atoms with Crippen molar-refractivity contribution in [3.05, 3.63) is 0 Å². The van der Waals surface area contributed by atoms with Gasteiger partial charge >= 0.3 is 0 Å². The van der Waals surface area contributed by atoms with Crippen LogP contribution in [0.3, 0.4) is 0 Å². The molecule has 1 saturated heterocycles. The van der Waals surface area contributed by atoms with Crippen LogP contribution >= 0.6 is 0 Å². The highest BCUT2D eigenvalue weighted by Gasteiger charge is 2.39. The first-order valence-electron chi connectivity index (χ1n) is 7.12. The summed E-state index contributed by atoms with van der Waals surface area (Å²) in [6, 6.07) is 1.08. The van der Waals surface area contributed by atoms with Crippen molar-refractivity contribution in [3.8, 4) is 0 Å². The van der Waals surface area contributed by atoms with E-state index < -0.39 is 0 Å². The molecule has 1 aliphatic heterocycles. The smallest absolute Gasteiger partial charge is 0.0599 e. The number of hydrogen-bond donors (Lipinski definition) is 1. The zero-order valence-corrected chi connectivity index (χ0v) is 11.7. The predicted octanol–water partition coefficient (Wildman–Crippen LogP) is 1.71. The Bertz CT molecular complexity index is 249. The summed E-state index contributed by atoms with van der Waals surface area (Å²) in [5.41, 5.74) is 0.184. The van der Waals surface area contributed by atoms with Gasteiger partial charge in [0, 0.05) is 30.7 Å². The van der Waals surface area contributed by atoms with Crippen LogP contribution < -0.4 is 0 Å². The lowest BCUT2D eigenvalue weighted by molar-refractivity contribution is -0.0474. The van der Waals surface area contributed by atoms with Crippen LogP contribution in [0.4, 0.5) is 0 Å². The molecule has 0 aromatic carbocycles. The highest BCUT2D eigenvalue weighted by Crippen LogP contribution is 2.29. The first-order chi connectivity index (χ1) is 8.04. The Kier molecular flexibility index (Phi) is 4.11. The Morgan fingerprint density at radius 3 is 2.41 bits per heavy atom. The zero-order chi connectivity index (χ0) is 12.5. The molecule has 0 amide bonds. The minimum Gasteiger partial charge on any atom is -0.395 e. The summed E-state index contributed by atoms with van der Waals surface area (Å²) in [7, 11) is 2.15. The van der Waals surface area contributed by atoms with Gasteiger partial charge < -0.3 is 5.11 Å². The van der Waals surface area contributed by atoms with Crippen molar-refractivity contribution < 1.29 is 5.11 Å². The van der Waals surface area contributed by atoms with E-state index in [-0.39, 0.29) is 12.1 Å². The van der Waals surface area contributed by atoms with Gasteiger partial charge in [-0.25, -0.2) is 0 Å². The van der Waals surface area contributed by atoms with Gasteiger partial charge in [-0.05, 0) is 33.7 Å². The molecule has 1 unspecified atom stereocenters. The molecule has 3 nitrogen and oxygen atoms in total. The molecule has 2 aliphatic rings. The molecule has 2 rings (SSSR count). The number of hydrogen-bond acceptors (Lipinski definition) is 3. The van der Waals surface area contributed by atoms with E-state index in [0.717, 1.165) is 19.1 Å². The molecular formula is C14H28N2O. The lowest BCUT2D eigenvalue weighted by Crippen LogP contribution is -2.65. The molecule has 1 aliphatic carbocycles. The van der Waals surface area contributed by atoms with Crippen LogP contribution in [-0.2, 0) is 0 Å². The van der Waals surface area contributed by atoms with E-state index in [4.69, 9.17) is 0 Å². The van der Waals surface area contributed by atoms with E-state index in [2.05, 4.69) is 30.7 Å². The maximum absolute atomic E-state index is 9.54. The van der Waals surface area contributed by atoms with E-state index in [1.54, 1.807) is 0 Å². The number of likely N-dealkylation sites (N-methyl/N-ethyl adjacent to an activating group) is 1. The first kappa shape index (κ1) is 13.3. The molecule has 2 fully saturated rings. The van der Waals surface area contributed by atoms with Crippen molar-refractivity contribution in [2.45, 2.75) is 63.6 Å². The first-order valence-corrected chi connectivity index (χ1v) is 7.12. The molecule has 0 bridgehead atoms. The monoisotopic (exact) mass is 240 g/mol. The fraction of sp³-hybridized carbons (Fsp3) is 1.00. The summed E-state index contributed by atoms with van der Waals surface area (Å²) >= 11 is 0. The second-order valence-corrected chi connectivity index (χ2v) is 6.48. The van der Waals surface area contributed by atoms with Gasteiger partial charge in [-0.15, -0.1) is 0 Å². The molecule has 0 aromatic rings. The minimum atomic E-state index is 0.184. The van der Waals surface area contributed by atoms with Gasteiger partial charge in [-0.2, -0.15) is 0 Å². The third-order valence-electron chi connectivity index (χ3n) is 4.84. The van der Waals surface area contributed by atoms with Gasteiger partial charge in [0.25, 0.3) is 0 Å². The van der Waals surface area contributed by atoms with Crippen LogP contribution in [-0.4, -0.2) is 59.3 Å². The van der Waals surface area contributed by atoms with Crippen LogP contribution in [0.1, 0.15) is 46.0 Å². The van der Waals surface area contributed by atoms with Gasteiger partial charge in [0.2, 0.25) is 0 Å². The molecule has 0 spiro atoms. The Labute approximate surface area is 106 Å². The molecular weight excluding hydrogens is 212 g/mol. The van der Waals surface area contributed by atoms with E-state index in [9.17, 15) is 5.11 Å². The number of aliphatic hydroxyl groups excluding tert-OH is 1. The van der Waals surface area contributed by atoms with Crippen LogP contribution in [0.2, 0.25) is 0 Å². The lowest BCUT2D eigenvalue weighted by atomic mass is 9.89. The van der Waals surface area contributed by atoms with E-state index in [1.807, 2.05) is 0 Å². The fourth-order valence-corrected chi connectivity index (χ4v) is 3.47. The largest absolute Gasteiger partial charge is 0.395 e. The third kappa shape index (κ3) is 2.83. The van der Waals surface area contributed by atoms with Crippen molar-refractivity contribution in [2.24, 2.45) is 0 Å². The summed E-state index contributed by atoms with van der Waals surface area (Å²) in [5.74, 6) is 0. The highest BCUT2D eigenvalue weighted by molar-refractivity contribution is 4.96. The fourth-order valence-electron chi connectivity index (χ4n) is 3.47. The van der Waals surface area contributed by atoms with Crippen LogP contribution in [0.15, 0.2) is 0 Å². The molecule has 1 saturated carbocycles. The van der Waals surface area contributed by atoms with Gasteiger partial charge in [0.05, 0.1) is 6.61 Å². The lowest BCUT2D eigenvalue weighted by Gasteiger charge is -2.52. The molecule has 1 N–H and O–H groups in total. The summed E-state index contributed by atoms with van der Waals surface area (Å²) in [6.45, 7) is 7.06. The molecule has 3 heteroatoms. The predicted molar refractivity (Wildman–Crippen MR) is 71.2 cm³/mol. The molecule has 1 atom stereocenters. The SMILES string of the molecule is CN1C(CO)CN(C2CCCCC2)CC1(C)C. The number of nitrogens with zero attached hydrogens (tertiary/aromatic N) is 2. The average Bonchev–Trinajstić information content (AvgIpc) is 2.33. The van der Waals surface area contributed by atoms with E-state index in [1.165, 1.54) is 32.1 Å². The molecule has 100 valence electrons. The van der Waals surface area contributed by atoms with E-state index >= 15 is 0 Å². The number of rotatable bonds is 2. The van der Waals surface area contributed by atoms with Crippen molar-refractivity contribution in [3.63, 3.8) is 0 Å². The van der Waals surface area contributed by atoms with Crippen LogP contribution in [0.25, 0.3) is 0 Å². The average molecular weight is 240 g/mol. The van der Waals surface area contributed by atoms with Gasteiger partial charge in [0.15, 0.2) is 0 Å². The van der Waals surface area contributed by atoms with Crippen LogP contribution in [0, 0.1) is 0 Å². The standard InChI is InChI=1S/C14H28N2O/c1-14(2)11-16(9-13(10-17)15(14)3)12-7-5-4-6-8-12/h12-13,17H,4-11H2,1-3H3. The van der Waals surface area contributed by atoms with Gasteiger partial charge in [-0.1, -0.05) is 19.3 Å². The summed E-state index contributed by atoms with van der Waals surface area (Å²) in [6.07, 6.45) is 6.91. The number of aliphatic hydroxyl groups is 1. The Morgan fingerprint density at radius 1 is 1.18 bits per heavy atom. The van der Waals surface area contributed by atoms with Crippen molar-refractivity contribution in [2.75, 3.05) is 26.7 Å². The van der Waals surface area contributed by atoms with E-state index in [0.29, 0.717) is 6.04 Å². The normalized spacial score (nSPS) is 32.8. The Balaban J connectivity index is 2.03. The molecule has 1 heterocycles. The van der Waals surface area contributed by atoms with Gasteiger partial charge in [0.1, 0.15) is 0 Å². The second-order valence-electron chi connectivity index (χ2n) is 6.48. The molecule has 0 radical (unpaired) electrons. The van der Waals surface area contributed by atoms with Crippen LogP contribution in [0.5, 0.6) is 0 Å². The quantitative estimate of drug-likeness (QED) is 0.796. The highest BCUT2D eigenvalue weighted by atomic mass is 16.3. The minimum absolute atomic E-state index is 0.184. The third-order valence-corrected chi connectivity index (χ3v) is 4.84. The van der Waals surface area contributed by atoms with Gasteiger partial charge in [-0.3, -0.25) is 9.80 Å². The topological polar surface area (TPSA) is 26.7 Å². The Hall–Kier alpha value is -0.120. The zero-order valence-electron chi connectivity index (χ0n) is 11.7. The summed E-state index contributed by atoms with van der Waals surface area (Å²) < 4.78 is 0. The van der Waals surface area contributed by atoms with Crippen molar-refractivity contribution in [1.82, 2.24) is 9.80 Å². The maximum Gasteiger partial charge on any atom is 0.0599 e. The Morgan fingerprint density at radius 2 is 1.82 bits per heavy atom. The summed E-state index contributed by atoms with van der Waals surface area (Å²) in [4.78, 5) is 4.99.